The smallest absolute Gasteiger partial charge is 0.231 e. The zero-order valence-electron chi connectivity index (χ0n) is 9.50. The molecule has 0 unspecified atom stereocenters. The van der Waals surface area contributed by atoms with Gasteiger partial charge in [-0.1, -0.05) is 18.2 Å². The number of para-hydroxylation sites is 1. The fourth-order valence-corrected chi connectivity index (χ4v) is 1.34. The highest BCUT2D eigenvalue weighted by molar-refractivity contribution is 5.94. The Labute approximate surface area is 90.9 Å². The van der Waals surface area contributed by atoms with Gasteiger partial charge >= 0.3 is 0 Å². The first-order chi connectivity index (χ1) is 7.06. The lowest BCUT2D eigenvalue weighted by Gasteiger charge is -2.23. The summed E-state index contributed by atoms with van der Waals surface area (Å²) in [6, 6.07) is 9.50. The molecule has 0 saturated carbocycles. The molecule has 1 amide bonds. The molecule has 15 heavy (non-hydrogen) atoms. The van der Waals surface area contributed by atoms with E-state index in [1.807, 2.05) is 51.2 Å². The first-order valence-corrected chi connectivity index (χ1v) is 5.07. The molecule has 2 N–H and O–H groups in total. The van der Waals surface area contributed by atoms with E-state index < -0.39 is 5.41 Å². The summed E-state index contributed by atoms with van der Waals surface area (Å²) < 4.78 is 0. The topological polar surface area (TPSA) is 41.1 Å². The van der Waals surface area contributed by atoms with E-state index in [0.717, 1.165) is 5.69 Å². The molecule has 1 aromatic rings. The Morgan fingerprint density at radius 3 is 2.40 bits per heavy atom. The maximum Gasteiger partial charge on any atom is 0.231 e. The van der Waals surface area contributed by atoms with Crippen LogP contribution < -0.4 is 10.6 Å². The molecule has 0 bridgehead atoms. The number of amides is 1. The minimum absolute atomic E-state index is 0.0306. The Morgan fingerprint density at radius 1 is 1.27 bits per heavy atom. The molecular formula is C12H18N2O. The molecule has 0 aliphatic heterocycles. The summed E-state index contributed by atoms with van der Waals surface area (Å²) in [5.74, 6) is 0.0306. The van der Waals surface area contributed by atoms with Crippen LogP contribution in [0.1, 0.15) is 13.8 Å². The normalized spacial score (nSPS) is 11.1. The molecule has 0 fully saturated rings. The van der Waals surface area contributed by atoms with Gasteiger partial charge < -0.3 is 10.6 Å². The van der Waals surface area contributed by atoms with Crippen LogP contribution in [0.15, 0.2) is 30.3 Å². The van der Waals surface area contributed by atoms with E-state index in [1.165, 1.54) is 0 Å². The van der Waals surface area contributed by atoms with Crippen molar-refractivity contribution in [3.05, 3.63) is 30.3 Å². The van der Waals surface area contributed by atoms with Crippen molar-refractivity contribution in [1.82, 2.24) is 5.32 Å². The van der Waals surface area contributed by atoms with Crippen molar-refractivity contribution in [2.75, 3.05) is 18.9 Å². The van der Waals surface area contributed by atoms with Crippen molar-refractivity contribution in [2.24, 2.45) is 5.41 Å². The molecule has 82 valence electrons. The molecule has 3 nitrogen and oxygen atoms in total. The lowest BCUT2D eigenvalue weighted by molar-refractivity contribution is -0.123. The van der Waals surface area contributed by atoms with Crippen LogP contribution in [-0.4, -0.2) is 19.5 Å². The second kappa shape index (κ2) is 4.94. The number of carbonyl (C=O) groups is 1. The van der Waals surface area contributed by atoms with Gasteiger partial charge in [-0.2, -0.15) is 0 Å². The molecule has 0 atom stereocenters. The first-order valence-electron chi connectivity index (χ1n) is 5.07. The van der Waals surface area contributed by atoms with Gasteiger partial charge in [-0.3, -0.25) is 4.79 Å². The van der Waals surface area contributed by atoms with Gasteiger partial charge in [0.25, 0.3) is 0 Å². The van der Waals surface area contributed by atoms with Crippen molar-refractivity contribution in [2.45, 2.75) is 13.8 Å². The largest absolute Gasteiger partial charge is 0.326 e. The molecule has 0 saturated heterocycles. The zero-order chi connectivity index (χ0) is 11.3. The third-order valence-electron chi connectivity index (χ3n) is 2.27. The van der Waals surface area contributed by atoms with E-state index in [-0.39, 0.29) is 5.91 Å². The molecule has 1 rings (SSSR count). The highest BCUT2D eigenvalue weighted by Crippen LogP contribution is 2.17. The summed E-state index contributed by atoms with van der Waals surface area (Å²) in [6.07, 6.45) is 0. The highest BCUT2D eigenvalue weighted by atomic mass is 16.2. The Hall–Kier alpha value is -1.35. The zero-order valence-corrected chi connectivity index (χ0v) is 9.50. The fraction of sp³-hybridized carbons (Fsp3) is 0.417. The van der Waals surface area contributed by atoms with E-state index in [9.17, 15) is 4.79 Å². The summed E-state index contributed by atoms with van der Waals surface area (Å²) >= 11 is 0. The molecule has 0 aliphatic rings. The SMILES string of the molecule is CNCC(C)(C)C(=O)Nc1ccccc1. The second-order valence-electron chi connectivity index (χ2n) is 4.23. The summed E-state index contributed by atoms with van der Waals surface area (Å²) in [7, 11) is 1.84. The molecule has 0 spiro atoms. The highest BCUT2D eigenvalue weighted by Gasteiger charge is 2.26. The van der Waals surface area contributed by atoms with Crippen LogP contribution in [-0.2, 0) is 4.79 Å². The molecular weight excluding hydrogens is 188 g/mol. The number of benzene rings is 1. The van der Waals surface area contributed by atoms with Gasteiger partial charge in [-0.15, -0.1) is 0 Å². The van der Waals surface area contributed by atoms with Crippen molar-refractivity contribution in [3.63, 3.8) is 0 Å². The average molecular weight is 206 g/mol. The van der Waals surface area contributed by atoms with E-state index in [2.05, 4.69) is 10.6 Å². The summed E-state index contributed by atoms with van der Waals surface area (Å²) in [5, 5.41) is 5.90. The van der Waals surface area contributed by atoms with Crippen LogP contribution in [0.5, 0.6) is 0 Å². The van der Waals surface area contributed by atoms with Crippen LogP contribution in [0, 0.1) is 5.41 Å². The average Bonchev–Trinajstić information content (AvgIpc) is 2.19. The van der Waals surface area contributed by atoms with Gasteiger partial charge in [0.05, 0.1) is 5.41 Å². The number of rotatable bonds is 4. The first kappa shape index (κ1) is 11.7. The number of hydrogen-bond acceptors (Lipinski definition) is 2. The van der Waals surface area contributed by atoms with Crippen molar-refractivity contribution in [1.29, 1.82) is 0 Å². The van der Waals surface area contributed by atoms with Crippen LogP contribution in [0.2, 0.25) is 0 Å². The standard InChI is InChI=1S/C12H18N2O/c1-12(2,9-13-3)11(15)14-10-7-5-4-6-8-10/h4-8,13H,9H2,1-3H3,(H,14,15). The van der Waals surface area contributed by atoms with Gasteiger partial charge in [0.2, 0.25) is 5.91 Å². The summed E-state index contributed by atoms with van der Waals surface area (Å²) in [5.41, 5.74) is 0.441. The molecule has 0 heterocycles. The fourth-order valence-electron chi connectivity index (χ4n) is 1.34. The van der Waals surface area contributed by atoms with Crippen molar-refractivity contribution < 1.29 is 4.79 Å². The van der Waals surface area contributed by atoms with E-state index in [4.69, 9.17) is 0 Å². The van der Waals surface area contributed by atoms with E-state index in [1.54, 1.807) is 0 Å². The minimum atomic E-state index is -0.398. The second-order valence-corrected chi connectivity index (χ2v) is 4.23. The van der Waals surface area contributed by atoms with Crippen molar-refractivity contribution >= 4 is 11.6 Å². The van der Waals surface area contributed by atoms with Crippen LogP contribution in [0.25, 0.3) is 0 Å². The van der Waals surface area contributed by atoms with Gasteiger partial charge in [-0.25, -0.2) is 0 Å². The summed E-state index contributed by atoms with van der Waals surface area (Å²) in [6.45, 7) is 4.50. The Bertz CT molecular complexity index is 320. The third kappa shape index (κ3) is 3.36. The van der Waals surface area contributed by atoms with E-state index in [0.29, 0.717) is 6.54 Å². The Kier molecular flexibility index (Phi) is 3.86. The summed E-state index contributed by atoms with van der Waals surface area (Å²) in [4.78, 5) is 11.9. The van der Waals surface area contributed by atoms with Gasteiger partial charge in [0, 0.05) is 12.2 Å². The number of anilines is 1. The maximum atomic E-state index is 11.9. The lowest BCUT2D eigenvalue weighted by Crippen LogP contribution is -2.38. The van der Waals surface area contributed by atoms with Gasteiger partial charge in [0.1, 0.15) is 0 Å². The predicted molar refractivity (Wildman–Crippen MR) is 62.8 cm³/mol. The van der Waals surface area contributed by atoms with Gasteiger partial charge in [-0.05, 0) is 33.0 Å². The van der Waals surface area contributed by atoms with Gasteiger partial charge in [0.15, 0.2) is 0 Å². The monoisotopic (exact) mass is 206 g/mol. The minimum Gasteiger partial charge on any atom is -0.326 e. The lowest BCUT2D eigenvalue weighted by atomic mass is 9.92. The molecule has 1 aromatic carbocycles. The number of carbonyl (C=O) groups excluding carboxylic acids is 1. The quantitative estimate of drug-likeness (QED) is 0.789. The number of nitrogens with one attached hydrogen (secondary N) is 2. The maximum absolute atomic E-state index is 11.9. The molecule has 0 aromatic heterocycles. The molecule has 3 heteroatoms. The Balaban J connectivity index is 2.63. The molecule has 0 radical (unpaired) electrons. The number of hydrogen-bond donors (Lipinski definition) is 2. The van der Waals surface area contributed by atoms with Crippen molar-refractivity contribution in [3.8, 4) is 0 Å². The predicted octanol–water partition coefficient (Wildman–Crippen LogP) is 1.87. The Morgan fingerprint density at radius 2 is 1.87 bits per heavy atom. The van der Waals surface area contributed by atoms with Crippen LogP contribution in [0.4, 0.5) is 5.69 Å². The van der Waals surface area contributed by atoms with E-state index >= 15 is 0 Å². The third-order valence-corrected chi connectivity index (χ3v) is 2.27. The van der Waals surface area contributed by atoms with Crippen LogP contribution in [0.3, 0.4) is 0 Å². The molecule has 0 aliphatic carbocycles. The van der Waals surface area contributed by atoms with Crippen LogP contribution >= 0.6 is 0 Å².